The lowest BCUT2D eigenvalue weighted by Gasteiger charge is -2.04. The lowest BCUT2D eigenvalue weighted by atomic mass is 10.1. The molecule has 5 nitrogen and oxygen atoms in total. The summed E-state index contributed by atoms with van der Waals surface area (Å²) < 4.78 is 9.78. The average molecular weight is 311 g/mol. The molecule has 0 aliphatic heterocycles. The van der Waals surface area contributed by atoms with Crippen molar-refractivity contribution in [1.82, 2.24) is 5.32 Å². The van der Waals surface area contributed by atoms with Gasteiger partial charge in [0.25, 0.3) is 0 Å². The van der Waals surface area contributed by atoms with Crippen molar-refractivity contribution < 1.29 is 19.1 Å². The molecule has 0 aromatic carbocycles. The van der Waals surface area contributed by atoms with Crippen molar-refractivity contribution in [2.45, 2.75) is 45.4 Å². The molecule has 0 atom stereocenters. The zero-order valence-corrected chi connectivity index (χ0v) is 14.0. The Morgan fingerprint density at radius 3 is 2.50 bits per heavy atom. The molecule has 0 aliphatic rings. The summed E-state index contributed by atoms with van der Waals surface area (Å²) in [5.41, 5.74) is 0.989. The van der Waals surface area contributed by atoms with Crippen LogP contribution in [0.4, 0.5) is 0 Å². The van der Waals surface area contributed by atoms with E-state index in [1.165, 1.54) is 18.9 Å². The third kappa shape index (κ3) is 12.1. The lowest BCUT2D eigenvalue weighted by Crippen LogP contribution is -2.17. The van der Waals surface area contributed by atoms with Crippen LogP contribution in [0.5, 0.6) is 0 Å². The van der Waals surface area contributed by atoms with Crippen molar-refractivity contribution in [3.63, 3.8) is 0 Å². The molecule has 0 fully saturated rings. The molecular formula is C17H29NO4. The summed E-state index contributed by atoms with van der Waals surface area (Å²) in [5, 5.41) is 2.60. The Labute approximate surface area is 133 Å². The fourth-order valence-corrected chi connectivity index (χ4v) is 1.77. The monoisotopic (exact) mass is 311 g/mol. The second-order valence-electron chi connectivity index (χ2n) is 4.94. The van der Waals surface area contributed by atoms with Crippen LogP contribution >= 0.6 is 0 Å². The molecule has 0 unspecified atom stereocenters. The summed E-state index contributed by atoms with van der Waals surface area (Å²) in [6.45, 7) is 2.79. The average Bonchev–Trinajstić information content (AvgIpc) is 2.53. The molecule has 0 aliphatic carbocycles. The number of esters is 1. The lowest BCUT2D eigenvalue weighted by molar-refractivity contribution is -0.139. The van der Waals surface area contributed by atoms with E-state index in [1.807, 2.05) is 0 Å². The van der Waals surface area contributed by atoms with Gasteiger partial charge in [-0.1, -0.05) is 37.5 Å². The van der Waals surface area contributed by atoms with Gasteiger partial charge in [-0.05, 0) is 19.3 Å². The summed E-state index contributed by atoms with van der Waals surface area (Å²) in [6, 6.07) is 0. The number of methoxy groups -OCH3 is 1. The number of hydrogen-bond acceptors (Lipinski definition) is 4. The SMILES string of the molecule is CCCCC/C=C(/C=C/C(=O)OCCOC)CCC(=O)NC. The van der Waals surface area contributed by atoms with Crippen molar-refractivity contribution in [1.29, 1.82) is 0 Å². The van der Waals surface area contributed by atoms with Gasteiger partial charge in [0.1, 0.15) is 6.61 Å². The predicted octanol–water partition coefficient (Wildman–Crippen LogP) is 2.77. The fourth-order valence-electron chi connectivity index (χ4n) is 1.77. The molecule has 0 aromatic rings. The number of unbranched alkanes of at least 4 members (excludes halogenated alkanes) is 3. The quantitative estimate of drug-likeness (QED) is 0.260. The highest BCUT2D eigenvalue weighted by molar-refractivity contribution is 5.82. The van der Waals surface area contributed by atoms with Crippen LogP contribution in [0.25, 0.3) is 0 Å². The molecule has 0 heterocycles. The number of allylic oxidation sites excluding steroid dienone is 3. The second kappa shape index (κ2) is 14.3. The van der Waals surface area contributed by atoms with Gasteiger partial charge >= 0.3 is 5.97 Å². The normalized spacial score (nSPS) is 11.7. The topological polar surface area (TPSA) is 64.6 Å². The molecule has 0 bridgehead atoms. The summed E-state index contributed by atoms with van der Waals surface area (Å²) in [6.07, 6.45) is 10.7. The largest absolute Gasteiger partial charge is 0.460 e. The van der Waals surface area contributed by atoms with Gasteiger partial charge in [-0.2, -0.15) is 0 Å². The standard InChI is InChI=1S/C17H29NO4/c1-4-5-6-7-8-15(9-11-16(19)18-2)10-12-17(20)22-14-13-21-3/h8,10,12H,4-7,9,11,13-14H2,1-3H3,(H,18,19)/b12-10+,15-8+. The Morgan fingerprint density at radius 2 is 1.86 bits per heavy atom. The molecule has 0 rings (SSSR count). The number of nitrogens with one attached hydrogen (secondary N) is 1. The number of carbonyl (C=O) groups excluding carboxylic acids is 2. The maximum Gasteiger partial charge on any atom is 0.330 e. The Bertz CT molecular complexity index is 375. The van der Waals surface area contributed by atoms with E-state index in [-0.39, 0.29) is 12.5 Å². The van der Waals surface area contributed by atoms with Gasteiger partial charge in [-0.15, -0.1) is 0 Å². The van der Waals surface area contributed by atoms with Crippen LogP contribution in [0.15, 0.2) is 23.8 Å². The first-order valence-corrected chi connectivity index (χ1v) is 7.87. The van der Waals surface area contributed by atoms with Crippen molar-refractivity contribution in [3.8, 4) is 0 Å². The Hall–Kier alpha value is -1.62. The number of ether oxygens (including phenoxy) is 2. The van der Waals surface area contributed by atoms with Crippen LogP contribution in [-0.2, 0) is 19.1 Å². The van der Waals surface area contributed by atoms with Gasteiger partial charge in [0.2, 0.25) is 5.91 Å². The minimum Gasteiger partial charge on any atom is -0.460 e. The van der Waals surface area contributed by atoms with E-state index < -0.39 is 5.97 Å². The summed E-state index contributed by atoms with van der Waals surface area (Å²) in [5.74, 6) is -0.396. The van der Waals surface area contributed by atoms with Crippen LogP contribution in [-0.4, -0.2) is 39.2 Å². The summed E-state index contributed by atoms with van der Waals surface area (Å²) in [4.78, 5) is 22.9. The first-order valence-electron chi connectivity index (χ1n) is 7.87. The fraction of sp³-hybridized carbons (Fsp3) is 0.647. The van der Waals surface area contributed by atoms with Gasteiger partial charge in [0.15, 0.2) is 0 Å². The zero-order chi connectivity index (χ0) is 16.6. The summed E-state index contributed by atoms with van der Waals surface area (Å²) in [7, 11) is 3.18. The molecule has 0 radical (unpaired) electrons. The van der Waals surface area contributed by atoms with Crippen LogP contribution in [0.3, 0.4) is 0 Å². The van der Waals surface area contributed by atoms with Crippen LogP contribution < -0.4 is 5.32 Å². The van der Waals surface area contributed by atoms with E-state index in [2.05, 4.69) is 18.3 Å². The highest BCUT2D eigenvalue weighted by Gasteiger charge is 2.02. The number of hydrogen-bond donors (Lipinski definition) is 1. The number of rotatable bonds is 12. The predicted molar refractivity (Wildman–Crippen MR) is 87.5 cm³/mol. The van der Waals surface area contributed by atoms with Gasteiger partial charge < -0.3 is 14.8 Å². The van der Waals surface area contributed by atoms with Crippen LogP contribution in [0, 0.1) is 0 Å². The minimum absolute atomic E-state index is 0.00414. The highest BCUT2D eigenvalue weighted by atomic mass is 16.6. The number of carbonyl (C=O) groups is 2. The van der Waals surface area contributed by atoms with E-state index in [0.29, 0.717) is 19.4 Å². The molecule has 0 saturated carbocycles. The Balaban J connectivity index is 4.42. The number of amides is 1. The zero-order valence-electron chi connectivity index (χ0n) is 14.0. The minimum atomic E-state index is -0.392. The molecule has 0 aromatic heterocycles. The molecule has 0 saturated heterocycles. The molecule has 0 spiro atoms. The van der Waals surface area contributed by atoms with E-state index in [4.69, 9.17) is 9.47 Å². The summed E-state index contributed by atoms with van der Waals surface area (Å²) >= 11 is 0. The van der Waals surface area contributed by atoms with Crippen molar-refractivity contribution in [2.75, 3.05) is 27.4 Å². The second-order valence-corrected chi connectivity index (χ2v) is 4.94. The van der Waals surface area contributed by atoms with E-state index >= 15 is 0 Å². The first kappa shape index (κ1) is 20.4. The maximum absolute atomic E-state index is 11.5. The highest BCUT2D eigenvalue weighted by Crippen LogP contribution is 2.11. The van der Waals surface area contributed by atoms with Gasteiger partial charge in [-0.3, -0.25) is 4.79 Å². The Morgan fingerprint density at radius 1 is 1.09 bits per heavy atom. The van der Waals surface area contributed by atoms with Gasteiger partial charge in [0, 0.05) is 26.7 Å². The van der Waals surface area contributed by atoms with E-state index in [9.17, 15) is 9.59 Å². The third-order valence-electron chi connectivity index (χ3n) is 3.10. The van der Waals surface area contributed by atoms with Gasteiger partial charge in [-0.25, -0.2) is 4.79 Å². The van der Waals surface area contributed by atoms with Gasteiger partial charge in [0.05, 0.1) is 6.61 Å². The molecule has 1 amide bonds. The Kier molecular flexibility index (Phi) is 13.3. The van der Waals surface area contributed by atoms with Crippen molar-refractivity contribution in [3.05, 3.63) is 23.8 Å². The third-order valence-corrected chi connectivity index (χ3v) is 3.10. The first-order chi connectivity index (χ1) is 10.6. The van der Waals surface area contributed by atoms with E-state index in [1.54, 1.807) is 20.2 Å². The van der Waals surface area contributed by atoms with E-state index in [0.717, 1.165) is 18.4 Å². The molecular weight excluding hydrogens is 282 g/mol. The van der Waals surface area contributed by atoms with Crippen LogP contribution in [0.1, 0.15) is 45.4 Å². The molecule has 126 valence electrons. The smallest absolute Gasteiger partial charge is 0.330 e. The van der Waals surface area contributed by atoms with Crippen molar-refractivity contribution in [2.24, 2.45) is 0 Å². The molecule has 5 heteroatoms. The molecule has 22 heavy (non-hydrogen) atoms. The van der Waals surface area contributed by atoms with Crippen molar-refractivity contribution >= 4 is 11.9 Å². The van der Waals surface area contributed by atoms with Crippen LogP contribution in [0.2, 0.25) is 0 Å². The maximum atomic E-state index is 11.5. The molecule has 1 N–H and O–H groups in total.